The average molecular weight is 362 g/mol. The predicted molar refractivity (Wildman–Crippen MR) is 108 cm³/mol. The van der Waals surface area contributed by atoms with Gasteiger partial charge in [-0.2, -0.15) is 0 Å². The van der Waals surface area contributed by atoms with E-state index < -0.39 is 0 Å². The Kier molecular flexibility index (Phi) is 6.44. The van der Waals surface area contributed by atoms with E-state index in [9.17, 15) is 0 Å². The maximum absolute atomic E-state index is 5.46. The van der Waals surface area contributed by atoms with E-state index in [2.05, 4.69) is 65.3 Å². The standard InChI is InChI=1S/C23H26N2O2/c1-18-5-4-6-20(13-18)16-25(15-19-9-11-24-12-10-19)17-21-7-8-22(26-2)23(14-21)27-3/h4-14H,15-17H2,1-3H3. The number of rotatable bonds is 8. The summed E-state index contributed by atoms with van der Waals surface area (Å²) < 4.78 is 10.8. The van der Waals surface area contributed by atoms with E-state index in [0.717, 1.165) is 31.1 Å². The number of nitrogens with zero attached hydrogens (tertiary/aromatic N) is 2. The fourth-order valence-electron chi connectivity index (χ4n) is 3.22. The van der Waals surface area contributed by atoms with Crippen LogP contribution in [0.25, 0.3) is 0 Å². The summed E-state index contributed by atoms with van der Waals surface area (Å²) in [6.45, 7) is 4.67. The van der Waals surface area contributed by atoms with Gasteiger partial charge in [0.1, 0.15) is 0 Å². The molecule has 0 spiro atoms. The number of pyridine rings is 1. The van der Waals surface area contributed by atoms with E-state index in [1.807, 2.05) is 18.5 Å². The summed E-state index contributed by atoms with van der Waals surface area (Å²) in [7, 11) is 3.33. The molecule has 2 aromatic carbocycles. The lowest BCUT2D eigenvalue weighted by atomic mass is 10.1. The average Bonchev–Trinajstić information content (AvgIpc) is 2.68. The van der Waals surface area contributed by atoms with Gasteiger partial charge in [-0.3, -0.25) is 9.88 Å². The lowest BCUT2D eigenvalue weighted by Crippen LogP contribution is -2.22. The van der Waals surface area contributed by atoms with Gasteiger partial charge in [0, 0.05) is 32.0 Å². The Morgan fingerprint density at radius 2 is 1.41 bits per heavy atom. The van der Waals surface area contributed by atoms with Crippen molar-refractivity contribution in [3.05, 3.63) is 89.2 Å². The Bertz CT molecular complexity index is 865. The van der Waals surface area contributed by atoms with Crippen LogP contribution in [-0.4, -0.2) is 24.1 Å². The molecular weight excluding hydrogens is 336 g/mol. The van der Waals surface area contributed by atoms with Crippen molar-refractivity contribution in [2.24, 2.45) is 0 Å². The van der Waals surface area contributed by atoms with Gasteiger partial charge >= 0.3 is 0 Å². The number of hydrogen-bond donors (Lipinski definition) is 0. The molecular formula is C23H26N2O2. The second-order valence-electron chi connectivity index (χ2n) is 6.68. The van der Waals surface area contributed by atoms with Crippen molar-refractivity contribution < 1.29 is 9.47 Å². The molecule has 1 heterocycles. The zero-order chi connectivity index (χ0) is 19.1. The topological polar surface area (TPSA) is 34.6 Å². The van der Waals surface area contributed by atoms with Gasteiger partial charge in [-0.15, -0.1) is 0 Å². The first kappa shape index (κ1) is 18.9. The van der Waals surface area contributed by atoms with Gasteiger partial charge in [0.25, 0.3) is 0 Å². The molecule has 140 valence electrons. The summed E-state index contributed by atoms with van der Waals surface area (Å²) in [5, 5.41) is 0. The van der Waals surface area contributed by atoms with Crippen LogP contribution in [0, 0.1) is 6.92 Å². The molecule has 0 aliphatic heterocycles. The zero-order valence-corrected chi connectivity index (χ0v) is 16.2. The van der Waals surface area contributed by atoms with Crippen molar-refractivity contribution in [1.29, 1.82) is 0 Å². The van der Waals surface area contributed by atoms with Gasteiger partial charge in [-0.25, -0.2) is 0 Å². The molecule has 4 heteroatoms. The number of benzene rings is 2. The predicted octanol–water partition coefficient (Wildman–Crippen LogP) is 4.61. The van der Waals surface area contributed by atoms with Gasteiger partial charge in [0.15, 0.2) is 11.5 Å². The Morgan fingerprint density at radius 3 is 2.07 bits per heavy atom. The highest BCUT2D eigenvalue weighted by Crippen LogP contribution is 2.28. The lowest BCUT2D eigenvalue weighted by Gasteiger charge is -2.23. The van der Waals surface area contributed by atoms with Crippen LogP contribution in [0.1, 0.15) is 22.3 Å². The van der Waals surface area contributed by atoms with E-state index in [4.69, 9.17) is 9.47 Å². The fraction of sp³-hybridized carbons (Fsp3) is 0.261. The molecule has 0 bridgehead atoms. The largest absolute Gasteiger partial charge is 0.493 e. The quantitative estimate of drug-likeness (QED) is 0.586. The third-order valence-electron chi connectivity index (χ3n) is 4.50. The second kappa shape index (κ2) is 9.19. The normalized spacial score (nSPS) is 10.8. The van der Waals surface area contributed by atoms with Gasteiger partial charge in [-0.05, 0) is 47.9 Å². The molecule has 0 atom stereocenters. The maximum atomic E-state index is 5.46. The van der Waals surface area contributed by atoms with E-state index in [-0.39, 0.29) is 0 Å². The molecule has 4 nitrogen and oxygen atoms in total. The Labute approximate surface area is 161 Å². The third kappa shape index (κ3) is 5.31. The van der Waals surface area contributed by atoms with Gasteiger partial charge in [0.2, 0.25) is 0 Å². The van der Waals surface area contributed by atoms with Crippen molar-refractivity contribution in [3.8, 4) is 11.5 Å². The number of aromatic nitrogens is 1. The summed E-state index contributed by atoms with van der Waals surface area (Å²) in [5.74, 6) is 1.51. The first-order valence-corrected chi connectivity index (χ1v) is 9.05. The molecule has 0 saturated carbocycles. The third-order valence-corrected chi connectivity index (χ3v) is 4.50. The summed E-state index contributed by atoms with van der Waals surface area (Å²) >= 11 is 0. The summed E-state index contributed by atoms with van der Waals surface area (Å²) in [4.78, 5) is 6.55. The minimum absolute atomic E-state index is 0.751. The van der Waals surface area contributed by atoms with Gasteiger partial charge in [0.05, 0.1) is 14.2 Å². The number of ether oxygens (including phenoxy) is 2. The van der Waals surface area contributed by atoms with Crippen LogP contribution in [-0.2, 0) is 19.6 Å². The Balaban J connectivity index is 1.82. The fourth-order valence-corrected chi connectivity index (χ4v) is 3.22. The Hall–Kier alpha value is -2.85. The number of hydrogen-bond acceptors (Lipinski definition) is 4. The molecule has 0 aliphatic rings. The molecule has 27 heavy (non-hydrogen) atoms. The SMILES string of the molecule is COc1ccc(CN(Cc2ccncc2)Cc2cccc(C)c2)cc1OC. The summed E-state index contributed by atoms with van der Waals surface area (Å²) in [6.07, 6.45) is 3.69. The van der Waals surface area contributed by atoms with Crippen LogP contribution >= 0.6 is 0 Å². The molecule has 1 aromatic heterocycles. The highest BCUT2D eigenvalue weighted by atomic mass is 16.5. The molecule has 0 fully saturated rings. The highest BCUT2D eigenvalue weighted by molar-refractivity contribution is 5.42. The Morgan fingerprint density at radius 1 is 0.741 bits per heavy atom. The molecule has 0 amide bonds. The molecule has 0 radical (unpaired) electrons. The van der Waals surface area contributed by atoms with Crippen LogP contribution in [0.4, 0.5) is 0 Å². The van der Waals surface area contributed by atoms with Crippen LogP contribution < -0.4 is 9.47 Å². The van der Waals surface area contributed by atoms with Crippen LogP contribution in [0.2, 0.25) is 0 Å². The van der Waals surface area contributed by atoms with Crippen LogP contribution in [0.3, 0.4) is 0 Å². The first-order chi connectivity index (χ1) is 13.2. The lowest BCUT2D eigenvalue weighted by molar-refractivity contribution is 0.247. The highest BCUT2D eigenvalue weighted by Gasteiger charge is 2.11. The number of aryl methyl sites for hydroxylation is 1. The van der Waals surface area contributed by atoms with Gasteiger partial charge < -0.3 is 9.47 Å². The maximum Gasteiger partial charge on any atom is 0.161 e. The molecule has 0 saturated heterocycles. The minimum Gasteiger partial charge on any atom is -0.493 e. The minimum atomic E-state index is 0.751. The van der Waals surface area contributed by atoms with Crippen molar-refractivity contribution in [2.45, 2.75) is 26.6 Å². The molecule has 0 unspecified atom stereocenters. The molecule has 0 aliphatic carbocycles. The van der Waals surface area contributed by atoms with E-state index in [1.54, 1.807) is 14.2 Å². The van der Waals surface area contributed by atoms with E-state index >= 15 is 0 Å². The molecule has 3 rings (SSSR count). The monoisotopic (exact) mass is 362 g/mol. The van der Waals surface area contributed by atoms with Crippen LogP contribution in [0.5, 0.6) is 11.5 Å². The molecule has 3 aromatic rings. The van der Waals surface area contributed by atoms with Crippen molar-refractivity contribution in [1.82, 2.24) is 9.88 Å². The second-order valence-corrected chi connectivity index (χ2v) is 6.68. The first-order valence-electron chi connectivity index (χ1n) is 9.05. The van der Waals surface area contributed by atoms with E-state index in [1.165, 1.54) is 22.3 Å². The van der Waals surface area contributed by atoms with Crippen molar-refractivity contribution in [3.63, 3.8) is 0 Å². The van der Waals surface area contributed by atoms with Gasteiger partial charge in [-0.1, -0.05) is 35.9 Å². The zero-order valence-electron chi connectivity index (χ0n) is 16.2. The molecule has 0 N–H and O–H groups in total. The summed E-state index contributed by atoms with van der Waals surface area (Å²) in [6, 6.07) is 18.9. The van der Waals surface area contributed by atoms with Crippen molar-refractivity contribution in [2.75, 3.05) is 14.2 Å². The summed E-state index contributed by atoms with van der Waals surface area (Å²) in [5.41, 5.74) is 5.03. The van der Waals surface area contributed by atoms with Crippen molar-refractivity contribution >= 4 is 0 Å². The number of methoxy groups -OCH3 is 2. The smallest absolute Gasteiger partial charge is 0.161 e. The van der Waals surface area contributed by atoms with Crippen LogP contribution in [0.15, 0.2) is 67.0 Å². The van der Waals surface area contributed by atoms with E-state index in [0.29, 0.717) is 0 Å².